The van der Waals surface area contributed by atoms with E-state index in [2.05, 4.69) is 10.6 Å². The first-order valence-electron chi connectivity index (χ1n) is 5.95. The van der Waals surface area contributed by atoms with Crippen molar-refractivity contribution < 1.29 is 4.79 Å². The van der Waals surface area contributed by atoms with Gasteiger partial charge in [0.15, 0.2) is 0 Å². The van der Waals surface area contributed by atoms with Crippen molar-refractivity contribution in [1.82, 2.24) is 10.6 Å². The molecule has 3 nitrogen and oxygen atoms in total. The van der Waals surface area contributed by atoms with Gasteiger partial charge in [0, 0.05) is 12.0 Å². The van der Waals surface area contributed by atoms with Gasteiger partial charge >= 0.3 is 0 Å². The quantitative estimate of drug-likeness (QED) is 0.793. The van der Waals surface area contributed by atoms with Gasteiger partial charge in [0.05, 0.1) is 0 Å². The third kappa shape index (κ3) is 4.15. The minimum absolute atomic E-state index is 0. The van der Waals surface area contributed by atoms with Crippen LogP contribution in [-0.2, 0) is 4.79 Å². The van der Waals surface area contributed by atoms with Crippen LogP contribution in [0.1, 0.15) is 25.7 Å². The molecule has 0 saturated carbocycles. The van der Waals surface area contributed by atoms with Gasteiger partial charge in [-0.15, -0.1) is 12.4 Å². The normalized spacial score (nSPS) is 23.5. The summed E-state index contributed by atoms with van der Waals surface area (Å²) in [4.78, 5) is 11.9. The van der Waals surface area contributed by atoms with Gasteiger partial charge in [-0.2, -0.15) is 11.8 Å². The molecule has 0 bridgehead atoms. The van der Waals surface area contributed by atoms with E-state index in [0.717, 1.165) is 38.8 Å². The number of nitrogens with one attached hydrogen (secondary N) is 2. The summed E-state index contributed by atoms with van der Waals surface area (Å²) in [5, 5.41) is 6.50. The van der Waals surface area contributed by atoms with E-state index in [4.69, 9.17) is 0 Å². The zero-order valence-corrected chi connectivity index (χ0v) is 11.2. The molecule has 0 unspecified atom stereocenters. The Hall–Kier alpha value is 0.0700. The van der Waals surface area contributed by atoms with Crippen LogP contribution in [0, 0.1) is 5.92 Å². The van der Waals surface area contributed by atoms with E-state index in [-0.39, 0.29) is 18.3 Å². The first-order chi connectivity index (χ1) is 7.36. The van der Waals surface area contributed by atoms with Crippen molar-refractivity contribution >= 4 is 30.1 Å². The lowest BCUT2D eigenvalue weighted by atomic mass is 9.96. The lowest BCUT2D eigenvalue weighted by Gasteiger charge is -2.27. The lowest BCUT2D eigenvalue weighted by Crippen LogP contribution is -2.43. The van der Waals surface area contributed by atoms with Crippen molar-refractivity contribution in [3.63, 3.8) is 0 Å². The van der Waals surface area contributed by atoms with Crippen molar-refractivity contribution in [2.75, 3.05) is 24.6 Å². The third-order valence-electron chi connectivity index (χ3n) is 3.28. The number of thioether (sulfide) groups is 1. The predicted molar refractivity (Wildman–Crippen MR) is 71.3 cm³/mol. The Bertz CT molecular complexity index is 216. The van der Waals surface area contributed by atoms with Crippen LogP contribution in [0.25, 0.3) is 0 Å². The largest absolute Gasteiger partial charge is 0.353 e. The van der Waals surface area contributed by atoms with Crippen LogP contribution in [0.5, 0.6) is 0 Å². The third-order valence-corrected chi connectivity index (χ3v) is 4.33. The molecule has 0 radical (unpaired) electrons. The monoisotopic (exact) mass is 264 g/mol. The van der Waals surface area contributed by atoms with E-state index in [1.54, 1.807) is 0 Å². The summed E-state index contributed by atoms with van der Waals surface area (Å²) >= 11 is 2.00. The van der Waals surface area contributed by atoms with Crippen LogP contribution in [0.4, 0.5) is 0 Å². The van der Waals surface area contributed by atoms with Gasteiger partial charge in [-0.25, -0.2) is 0 Å². The maximum Gasteiger partial charge on any atom is 0.223 e. The van der Waals surface area contributed by atoms with Crippen LogP contribution in [-0.4, -0.2) is 36.5 Å². The summed E-state index contributed by atoms with van der Waals surface area (Å²) in [5.41, 5.74) is 0. The number of carbonyl (C=O) groups excluding carboxylic acids is 1. The van der Waals surface area contributed by atoms with E-state index < -0.39 is 0 Å². The number of hydrogen-bond donors (Lipinski definition) is 2. The lowest BCUT2D eigenvalue weighted by molar-refractivity contribution is -0.126. The molecular weight excluding hydrogens is 244 g/mol. The summed E-state index contributed by atoms with van der Waals surface area (Å²) in [7, 11) is 0. The van der Waals surface area contributed by atoms with Gasteiger partial charge in [-0.1, -0.05) is 0 Å². The van der Waals surface area contributed by atoms with E-state index in [1.807, 2.05) is 11.8 Å². The topological polar surface area (TPSA) is 41.1 Å². The van der Waals surface area contributed by atoms with Crippen molar-refractivity contribution in [2.45, 2.75) is 31.7 Å². The SMILES string of the molecule is Cl.O=C(NC1CCSCC1)C1CCNCC1. The van der Waals surface area contributed by atoms with Gasteiger partial charge in [0.1, 0.15) is 0 Å². The molecule has 0 atom stereocenters. The van der Waals surface area contributed by atoms with Crippen LogP contribution in [0.3, 0.4) is 0 Å². The van der Waals surface area contributed by atoms with Gasteiger partial charge in [0.2, 0.25) is 5.91 Å². The fourth-order valence-corrected chi connectivity index (χ4v) is 3.35. The highest BCUT2D eigenvalue weighted by atomic mass is 35.5. The number of halogens is 1. The summed E-state index contributed by atoms with van der Waals surface area (Å²) in [6.45, 7) is 2.00. The molecule has 2 rings (SSSR count). The summed E-state index contributed by atoms with van der Waals surface area (Å²) in [5.74, 6) is 2.98. The molecule has 16 heavy (non-hydrogen) atoms. The van der Waals surface area contributed by atoms with Crippen LogP contribution in [0.2, 0.25) is 0 Å². The van der Waals surface area contributed by atoms with Crippen LogP contribution < -0.4 is 10.6 Å². The molecule has 94 valence electrons. The van der Waals surface area contributed by atoms with Gasteiger partial charge < -0.3 is 10.6 Å². The Morgan fingerprint density at radius 1 is 1.12 bits per heavy atom. The highest BCUT2D eigenvalue weighted by molar-refractivity contribution is 7.99. The fourth-order valence-electron chi connectivity index (χ4n) is 2.25. The second-order valence-corrected chi connectivity index (χ2v) is 5.64. The molecule has 2 aliphatic heterocycles. The number of rotatable bonds is 2. The minimum Gasteiger partial charge on any atom is -0.353 e. The molecule has 2 aliphatic rings. The maximum absolute atomic E-state index is 11.9. The Balaban J connectivity index is 0.00000128. The maximum atomic E-state index is 11.9. The first-order valence-corrected chi connectivity index (χ1v) is 7.10. The van der Waals surface area contributed by atoms with Crippen molar-refractivity contribution in [1.29, 1.82) is 0 Å². The predicted octanol–water partition coefficient (Wildman–Crippen LogP) is 1.42. The smallest absolute Gasteiger partial charge is 0.223 e. The van der Waals surface area contributed by atoms with E-state index in [9.17, 15) is 4.79 Å². The number of amides is 1. The highest BCUT2D eigenvalue weighted by Crippen LogP contribution is 2.18. The molecule has 0 aromatic rings. The van der Waals surface area contributed by atoms with E-state index >= 15 is 0 Å². The highest BCUT2D eigenvalue weighted by Gasteiger charge is 2.23. The van der Waals surface area contributed by atoms with Crippen molar-refractivity contribution in [2.24, 2.45) is 5.92 Å². The van der Waals surface area contributed by atoms with Crippen molar-refractivity contribution in [3.05, 3.63) is 0 Å². The molecule has 1 amide bonds. The average Bonchev–Trinajstić information content (AvgIpc) is 2.31. The number of piperidine rings is 1. The standard InChI is InChI=1S/C11H20N2OS.ClH/c14-11(9-1-5-12-6-2-9)13-10-3-7-15-8-4-10;/h9-10,12H,1-8H2,(H,13,14);1H. The summed E-state index contributed by atoms with van der Waals surface area (Å²) in [6.07, 6.45) is 4.32. The molecule has 0 aromatic carbocycles. The Morgan fingerprint density at radius 2 is 1.75 bits per heavy atom. The zero-order valence-electron chi connectivity index (χ0n) is 9.54. The Morgan fingerprint density at radius 3 is 2.38 bits per heavy atom. The van der Waals surface area contributed by atoms with Crippen molar-refractivity contribution in [3.8, 4) is 0 Å². The van der Waals surface area contributed by atoms with E-state index in [0.29, 0.717) is 11.9 Å². The second-order valence-electron chi connectivity index (χ2n) is 4.42. The molecule has 2 fully saturated rings. The molecule has 2 saturated heterocycles. The molecule has 2 heterocycles. The molecule has 5 heteroatoms. The van der Waals surface area contributed by atoms with Gasteiger partial charge in [-0.3, -0.25) is 4.79 Å². The second kappa shape index (κ2) is 7.41. The Labute approximate surface area is 108 Å². The first kappa shape index (κ1) is 14.1. The number of carbonyl (C=O) groups is 1. The summed E-state index contributed by atoms with van der Waals surface area (Å²) < 4.78 is 0. The molecule has 2 N–H and O–H groups in total. The molecule has 0 aliphatic carbocycles. The minimum atomic E-state index is 0. The average molecular weight is 265 g/mol. The van der Waals surface area contributed by atoms with Crippen LogP contribution in [0.15, 0.2) is 0 Å². The van der Waals surface area contributed by atoms with E-state index in [1.165, 1.54) is 11.5 Å². The van der Waals surface area contributed by atoms with Gasteiger partial charge in [0.25, 0.3) is 0 Å². The molecular formula is C11H21ClN2OS. The Kier molecular flexibility index (Phi) is 6.54. The number of hydrogen-bond acceptors (Lipinski definition) is 3. The fraction of sp³-hybridized carbons (Fsp3) is 0.909. The zero-order chi connectivity index (χ0) is 10.5. The molecule has 0 spiro atoms. The summed E-state index contributed by atoms with van der Waals surface area (Å²) in [6, 6.07) is 0.452. The molecule has 0 aromatic heterocycles. The van der Waals surface area contributed by atoms with Gasteiger partial charge in [-0.05, 0) is 50.3 Å². The van der Waals surface area contributed by atoms with Crippen LogP contribution >= 0.6 is 24.2 Å².